The van der Waals surface area contributed by atoms with Crippen molar-refractivity contribution in [3.8, 4) is 5.69 Å². The van der Waals surface area contributed by atoms with Gasteiger partial charge in [0.1, 0.15) is 5.49 Å². The van der Waals surface area contributed by atoms with E-state index in [1.165, 1.54) is 11.8 Å². The number of carbonyl (C=O) groups excluding carboxylic acids is 1. The maximum Gasteiger partial charge on any atom is 0.230 e. The number of hydrogen-bond donors (Lipinski definition) is 3. The molecular formula is C19H23ClN6OS. The number of nitrogens with zero attached hydrogens (tertiary/aromatic N) is 3. The molecule has 0 unspecified atom stereocenters. The Bertz CT molecular complexity index is 1070. The van der Waals surface area contributed by atoms with E-state index in [0.717, 1.165) is 29.8 Å². The zero-order chi connectivity index (χ0) is 20.3. The Morgan fingerprint density at radius 3 is 2.93 bits per heavy atom. The number of nitrogens with one attached hydrogen (secondary N) is 3. The van der Waals surface area contributed by atoms with E-state index in [9.17, 15) is 4.79 Å². The Kier molecular flexibility index (Phi) is 6.41. The van der Waals surface area contributed by atoms with E-state index in [1.807, 2.05) is 32.0 Å². The van der Waals surface area contributed by atoms with Crippen LogP contribution in [0.1, 0.15) is 31.0 Å². The summed E-state index contributed by atoms with van der Waals surface area (Å²) in [6.45, 7) is 6.51. The van der Waals surface area contributed by atoms with Gasteiger partial charge in [-0.2, -0.15) is 5.10 Å². The van der Waals surface area contributed by atoms with Crippen LogP contribution in [0.4, 0.5) is 0 Å². The molecule has 0 saturated heterocycles. The summed E-state index contributed by atoms with van der Waals surface area (Å²) in [5.74, 6) is 0.157. The summed E-state index contributed by atoms with van der Waals surface area (Å²) in [4.78, 5) is 16.8. The fraction of sp³-hybridized carbons (Fsp3) is 0.368. The maximum absolute atomic E-state index is 12.2. The molecule has 2 heterocycles. The Labute approximate surface area is 172 Å². The molecule has 2 aromatic heterocycles. The molecule has 9 heteroatoms. The van der Waals surface area contributed by atoms with Crippen LogP contribution in [0.3, 0.4) is 0 Å². The normalized spacial score (nSPS) is 11.1. The van der Waals surface area contributed by atoms with E-state index in [-0.39, 0.29) is 17.1 Å². The lowest BCUT2D eigenvalue weighted by Crippen LogP contribution is -2.27. The number of amides is 1. The second-order valence-corrected chi connectivity index (χ2v) is 7.85. The minimum atomic E-state index is -0.0561. The second kappa shape index (κ2) is 8.79. The van der Waals surface area contributed by atoms with E-state index in [0.29, 0.717) is 27.8 Å². The number of benzene rings is 1. The van der Waals surface area contributed by atoms with Crippen LogP contribution >= 0.6 is 23.4 Å². The largest absolute Gasteiger partial charge is 0.355 e. The average Bonchev–Trinajstić information content (AvgIpc) is 3.04. The maximum atomic E-state index is 12.2. The predicted molar refractivity (Wildman–Crippen MR) is 112 cm³/mol. The average molecular weight is 419 g/mol. The van der Waals surface area contributed by atoms with Crippen LogP contribution in [0.5, 0.6) is 0 Å². The number of hydrogen-bond acceptors (Lipinski definition) is 5. The van der Waals surface area contributed by atoms with Crippen molar-refractivity contribution in [3.05, 3.63) is 40.0 Å². The van der Waals surface area contributed by atoms with Gasteiger partial charge in [-0.15, -0.1) is 0 Å². The number of H-pyrrole nitrogens is 1. The van der Waals surface area contributed by atoms with Crippen molar-refractivity contribution in [2.45, 2.75) is 38.8 Å². The molecule has 0 fully saturated rings. The zero-order valence-electron chi connectivity index (χ0n) is 16.1. The van der Waals surface area contributed by atoms with Crippen LogP contribution < -0.4 is 10.8 Å². The number of carbonyl (C=O) groups is 1. The van der Waals surface area contributed by atoms with Crippen LogP contribution in [0, 0.1) is 19.3 Å². The summed E-state index contributed by atoms with van der Waals surface area (Å²) in [5, 5.41) is 20.5. The number of fused-ring (bicyclic) bond motifs is 1. The molecule has 0 aliphatic carbocycles. The van der Waals surface area contributed by atoms with Gasteiger partial charge in [0, 0.05) is 17.3 Å². The molecule has 3 aromatic rings. The molecule has 0 radical (unpaired) electrons. The smallest absolute Gasteiger partial charge is 0.230 e. The topological polar surface area (TPSA) is 99.5 Å². The van der Waals surface area contributed by atoms with E-state index in [2.05, 4.69) is 27.4 Å². The number of aromatic amines is 1. The summed E-state index contributed by atoms with van der Waals surface area (Å²) in [6.07, 6.45) is 1.98. The van der Waals surface area contributed by atoms with Gasteiger partial charge in [0.15, 0.2) is 10.8 Å². The summed E-state index contributed by atoms with van der Waals surface area (Å²) < 4.78 is 1.73. The molecule has 0 spiro atoms. The van der Waals surface area contributed by atoms with Gasteiger partial charge >= 0.3 is 0 Å². The second-order valence-electron chi connectivity index (χ2n) is 6.50. The summed E-state index contributed by atoms with van der Waals surface area (Å²) in [7, 11) is 0. The third-order valence-corrected chi connectivity index (χ3v) is 5.79. The SMILES string of the molecule is CCCCNC(=O)CSc1nc2n[nH]c(C)c2c(=N)n1-c1cccc(Cl)c1C. The van der Waals surface area contributed by atoms with Crippen LogP contribution in [0.2, 0.25) is 5.02 Å². The summed E-state index contributed by atoms with van der Waals surface area (Å²) >= 11 is 7.59. The van der Waals surface area contributed by atoms with E-state index < -0.39 is 0 Å². The monoisotopic (exact) mass is 418 g/mol. The molecule has 7 nitrogen and oxygen atoms in total. The highest BCUT2D eigenvalue weighted by molar-refractivity contribution is 7.99. The van der Waals surface area contributed by atoms with Crippen molar-refractivity contribution in [3.63, 3.8) is 0 Å². The van der Waals surface area contributed by atoms with Crippen molar-refractivity contribution in [2.75, 3.05) is 12.3 Å². The standard InChI is InChI=1S/C19H23ClN6OS/c1-4-5-9-22-15(27)10-28-19-23-18-16(12(3)24-25-18)17(21)26(19)14-8-6-7-13(20)11(14)2/h6-8,21H,4-5,9-10H2,1-3H3,(H,22,27)(H,24,25). The lowest BCUT2D eigenvalue weighted by Gasteiger charge is -2.16. The molecular weight excluding hydrogens is 396 g/mol. The van der Waals surface area contributed by atoms with E-state index >= 15 is 0 Å². The first kappa shape index (κ1) is 20.4. The summed E-state index contributed by atoms with van der Waals surface area (Å²) in [6, 6.07) is 5.55. The molecule has 0 aliphatic heterocycles. The minimum absolute atomic E-state index is 0.0561. The third kappa shape index (κ3) is 4.07. The molecule has 28 heavy (non-hydrogen) atoms. The fourth-order valence-corrected chi connectivity index (χ4v) is 3.87. The number of aryl methyl sites for hydroxylation is 1. The molecule has 0 atom stereocenters. The Morgan fingerprint density at radius 1 is 1.39 bits per heavy atom. The first-order valence-electron chi connectivity index (χ1n) is 9.11. The van der Waals surface area contributed by atoms with Gasteiger partial charge in [-0.05, 0) is 38.0 Å². The van der Waals surface area contributed by atoms with Crippen molar-refractivity contribution >= 4 is 40.3 Å². The molecule has 148 valence electrons. The highest BCUT2D eigenvalue weighted by Gasteiger charge is 2.17. The van der Waals surface area contributed by atoms with Crippen LogP contribution in [0.25, 0.3) is 16.7 Å². The Morgan fingerprint density at radius 2 is 2.18 bits per heavy atom. The van der Waals surface area contributed by atoms with Crippen molar-refractivity contribution in [2.24, 2.45) is 0 Å². The van der Waals surface area contributed by atoms with Crippen molar-refractivity contribution < 1.29 is 4.79 Å². The Hall–Kier alpha value is -2.32. The van der Waals surface area contributed by atoms with E-state index in [4.69, 9.17) is 17.0 Å². The number of thioether (sulfide) groups is 1. The third-order valence-electron chi connectivity index (χ3n) is 4.45. The minimum Gasteiger partial charge on any atom is -0.355 e. The number of rotatable bonds is 7. The molecule has 1 amide bonds. The van der Waals surface area contributed by atoms with Gasteiger partial charge in [-0.25, -0.2) is 4.98 Å². The number of aromatic nitrogens is 4. The molecule has 3 N–H and O–H groups in total. The zero-order valence-corrected chi connectivity index (χ0v) is 17.7. The number of unbranched alkanes of at least 4 members (excludes halogenated alkanes) is 1. The van der Waals surface area contributed by atoms with E-state index in [1.54, 1.807) is 4.57 Å². The molecule has 0 saturated carbocycles. The van der Waals surface area contributed by atoms with Gasteiger partial charge in [0.2, 0.25) is 5.91 Å². The molecule has 0 bridgehead atoms. The quantitative estimate of drug-likeness (QED) is 0.310. The van der Waals surface area contributed by atoms with Crippen LogP contribution in [-0.2, 0) is 4.79 Å². The highest BCUT2D eigenvalue weighted by Crippen LogP contribution is 2.26. The van der Waals surface area contributed by atoms with Crippen LogP contribution in [0.15, 0.2) is 23.4 Å². The van der Waals surface area contributed by atoms with Gasteiger partial charge in [0.25, 0.3) is 0 Å². The lowest BCUT2D eigenvalue weighted by molar-refractivity contribution is -0.118. The number of halogens is 1. The van der Waals surface area contributed by atoms with Gasteiger partial charge in [-0.1, -0.05) is 42.8 Å². The van der Waals surface area contributed by atoms with Crippen molar-refractivity contribution in [1.82, 2.24) is 25.1 Å². The van der Waals surface area contributed by atoms with Gasteiger partial charge in [0.05, 0.1) is 16.8 Å². The molecule has 1 aromatic carbocycles. The van der Waals surface area contributed by atoms with Crippen LogP contribution in [-0.4, -0.2) is 38.0 Å². The predicted octanol–water partition coefficient (Wildman–Crippen LogP) is 3.51. The highest BCUT2D eigenvalue weighted by atomic mass is 35.5. The molecule has 3 rings (SSSR count). The first-order valence-corrected chi connectivity index (χ1v) is 10.5. The Balaban J connectivity index is 2.05. The fourth-order valence-electron chi connectivity index (χ4n) is 2.87. The molecule has 0 aliphatic rings. The van der Waals surface area contributed by atoms with Gasteiger partial charge in [-0.3, -0.25) is 19.9 Å². The van der Waals surface area contributed by atoms with Gasteiger partial charge < -0.3 is 5.32 Å². The van der Waals surface area contributed by atoms with Crippen molar-refractivity contribution in [1.29, 1.82) is 5.41 Å². The summed E-state index contributed by atoms with van der Waals surface area (Å²) in [5.41, 5.74) is 3.11. The first-order chi connectivity index (χ1) is 13.4. The lowest BCUT2D eigenvalue weighted by atomic mass is 10.2.